The van der Waals surface area contributed by atoms with E-state index in [1.165, 1.54) is 0 Å². The molecule has 4 saturated heterocycles. The predicted molar refractivity (Wildman–Crippen MR) is 188 cm³/mol. The molecular weight excluding hydrogens is 941 g/mol. The lowest BCUT2D eigenvalue weighted by Gasteiger charge is -2.50. The normalized spacial score (nSPS) is 43.0. The number of carboxylic acid groups (broad SMARTS) is 1. The smallest absolute Gasteiger partial charge is 0.470 e. The Labute approximate surface area is 352 Å². The van der Waals surface area contributed by atoms with Crippen molar-refractivity contribution in [3.05, 3.63) is 0 Å². The Bertz CT molecular complexity index is 1660. The molecule has 4 aliphatic heterocycles. The zero-order chi connectivity index (χ0) is 47.7. The van der Waals surface area contributed by atoms with Gasteiger partial charge in [0.1, 0.15) is 91.6 Å². The molecular formula is C27H51N2O31P3. The van der Waals surface area contributed by atoms with Crippen molar-refractivity contribution >= 4 is 29.4 Å². The van der Waals surface area contributed by atoms with E-state index in [1.807, 2.05) is 0 Å². The number of hydrogen-bond donors (Lipinski definition) is 19. The quantitative estimate of drug-likeness (QED) is 0.0534. The number of aliphatic carboxylic acids is 1. The maximum Gasteiger partial charge on any atom is 0.470 e. The van der Waals surface area contributed by atoms with Gasteiger partial charge in [-0.1, -0.05) is 0 Å². The number of ether oxygens (including phenoxy) is 7. The minimum Gasteiger partial charge on any atom is -0.477 e. The average Bonchev–Trinajstić information content (AvgIpc) is 3.17. The van der Waals surface area contributed by atoms with Gasteiger partial charge in [0.05, 0.1) is 38.5 Å². The summed E-state index contributed by atoms with van der Waals surface area (Å²) >= 11 is 0. The van der Waals surface area contributed by atoms with Crippen molar-refractivity contribution in [2.75, 3.05) is 26.4 Å². The number of aliphatic hydroxyl groups is 10. The fourth-order valence-electron chi connectivity index (χ4n) is 6.92. The van der Waals surface area contributed by atoms with Crippen LogP contribution in [-0.4, -0.2) is 246 Å². The van der Waals surface area contributed by atoms with Crippen LogP contribution in [-0.2, 0) is 65.2 Å². The summed E-state index contributed by atoms with van der Waals surface area (Å²) in [5.74, 6) is -5.62. The Balaban J connectivity index is 1.68. The molecule has 33 nitrogen and oxygen atoms in total. The molecule has 0 bridgehead atoms. The Hall–Kier alpha value is -0.960. The first kappa shape index (κ1) is 54.6. The third-order valence-electron chi connectivity index (χ3n) is 10.0. The summed E-state index contributed by atoms with van der Waals surface area (Å²) in [4.78, 5) is 70.7. The second kappa shape index (κ2) is 21.6. The number of nitrogens with two attached hydrogens (primary N) is 2. The second-order valence-corrected chi connectivity index (χ2v) is 18.1. The summed E-state index contributed by atoms with van der Waals surface area (Å²) < 4.78 is 87.7. The zero-order valence-corrected chi connectivity index (χ0v) is 34.6. The van der Waals surface area contributed by atoms with Crippen molar-refractivity contribution in [1.29, 1.82) is 0 Å². The fourth-order valence-corrected chi connectivity index (χ4v) is 8.61. The van der Waals surface area contributed by atoms with Crippen LogP contribution in [0.15, 0.2) is 0 Å². The topological polar surface area (TPSA) is 557 Å². The van der Waals surface area contributed by atoms with E-state index in [1.54, 1.807) is 0 Å². The van der Waals surface area contributed by atoms with Gasteiger partial charge in [-0.15, -0.1) is 0 Å². The molecule has 0 aliphatic carbocycles. The molecule has 21 N–H and O–H groups in total. The van der Waals surface area contributed by atoms with E-state index in [2.05, 4.69) is 9.05 Å². The molecule has 4 heterocycles. The molecule has 63 heavy (non-hydrogen) atoms. The first-order valence-electron chi connectivity index (χ1n) is 18.1. The molecule has 0 aromatic heterocycles. The highest BCUT2D eigenvalue weighted by Crippen LogP contribution is 2.48. The predicted octanol–water partition coefficient (Wildman–Crippen LogP) is -10.3. The minimum atomic E-state index is -5.85. The monoisotopic (exact) mass is 992 g/mol. The van der Waals surface area contributed by atoms with Gasteiger partial charge in [-0.2, -0.15) is 0 Å². The van der Waals surface area contributed by atoms with Gasteiger partial charge in [0.15, 0.2) is 18.9 Å². The summed E-state index contributed by atoms with van der Waals surface area (Å²) in [5, 5.41) is 114. The van der Waals surface area contributed by atoms with E-state index >= 15 is 0 Å². The van der Waals surface area contributed by atoms with Crippen molar-refractivity contribution < 1.29 is 151 Å². The molecule has 0 radical (unpaired) electrons. The second-order valence-electron chi connectivity index (χ2n) is 14.5. The third kappa shape index (κ3) is 13.6. The SMILES string of the molecule is N[C@@H]1[C@@H](O)[C@H](O)[C@@H](CO[C@@H]2O[C@H](CO[C@]3(C(=O)O)C[C@@H](OP(=O)(O)O)[C@@H](OC4OC(C(O)CO)C(O)C(OP(=O)(O)O)C4O)[C@@H]([C@H](O)CO)O3)[C@@H](OP(=O)(O)O)[C@H](O)[C@H]2N)O[C@@H]1O. The first-order chi connectivity index (χ1) is 28.9. The van der Waals surface area contributed by atoms with Crippen molar-refractivity contribution in [1.82, 2.24) is 0 Å². The summed E-state index contributed by atoms with van der Waals surface area (Å²) in [6.45, 7) is -4.77. The summed E-state index contributed by atoms with van der Waals surface area (Å²) in [5.41, 5.74) is 11.5. The molecule has 0 saturated carbocycles. The molecule has 0 amide bonds. The van der Waals surface area contributed by atoms with Crippen LogP contribution < -0.4 is 11.5 Å². The molecule has 6 unspecified atom stereocenters. The maximum atomic E-state index is 13.0. The van der Waals surface area contributed by atoms with Crippen molar-refractivity contribution in [3.8, 4) is 0 Å². The summed E-state index contributed by atoms with van der Waals surface area (Å²) in [7, 11) is -17.1. The maximum absolute atomic E-state index is 13.0. The van der Waals surface area contributed by atoms with E-state index in [-0.39, 0.29) is 0 Å². The first-order valence-corrected chi connectivity index (χ1v) is 22.7. The molecule has 4 rings (SSSR count). The van der Waals surface area contributed by atoms with Gasteiger partial charge < -0.3 is 130 Å². The van der Waals surface area contributed by atoms with Crippen LogP contribution in [0.25, 0.3) is 0 Å². The Kier molecular flexibility index (Phi) is 18.7. The van der Waals surface area contributed by atoms with E-state index < -0.39 is 191 Å². The highest BCUT2D eigenvalue weighted by molar-refractivity contribution is 7.46. The van der Waals surface area contributed by atoms with Crippen LogP contribution in [0.1, 0.15) is 6.42 Å². The van der Waals surface area contributed by atoms with Crippen molar-refractivity contribution in [2.45, 2.75) is 135 Å². The Morgan fingerprint density at radius 3 is 1.75 bits per heavy atom. The van der Waals surface area contributed by atoms with Crippen LogP contribution in [0.5, 0.6) is 0 Å². The number of rotatable bonds is 19. The van der Waals surface area contributed by atoms with E-state index in [0.717, 1.165) is 0 Å². The van der Waals surface area contributed by atoms with Crippen LogP contribution in [0.4, 0.5) is 0 Å². The highest BCUT2D eigenvalue weighted by Gasteiger charge is 2.60. The largest absolute Gasteiger partial charge is 0.477 e. The minimum absolute atomic E-state index is 0.805. The van der Waals surface area contributed by atoms with Gasteiger partial charge in [0, 0.05) is 6.42 Å². The number of hydrogen-bond acceptors (Lipinski definition) is 26. The van der Waals surface area contributed by atoms with Gasteiger partial charge >= 0.3 is 29.4 Å². The highest BCUT2D eigenvalue weighted by atomic mass is 31.2. The van der Waals surface area contributed by atoms with Gasteiger partial charge in [0.25, 0.3) is 5.79 Å². The molecule has 21 atom stereocenters. The molecule has 0 aromatic rings. The van der Waals surface area contributed by atoms with Crippen LogP contribution in [0.2, 0.25) is 0 Å². The standard InChI is InChI=1S/C27H51N2O31P3/c28-11-14(35)13(34)9(53-23(11)39)4-51-24-12(29)15(36)20(59-62(45,46)47)10(54-24)5-52-27(26(40)41)1-8(58-61(42,43)44)21(19(57-27)7(33)3-31)56-25-17(38)22(60-63(48,49)50)16(37)18(55-25)6(32)2-30/h6-25,30-39H,1-5,28-29H2,(H,40,41)(H2,42,43,44)(H2,45,46,47)(H2,48,49,50)/t6?,7-,8-,9-,10-,11-,12-,13-,14-,15-,16?,17?,18?,19-,20-,21-,22?,23+,24-,25?,27-/m1/s1. The number of aliphatic hydroxyl groups excluding tert-OH is 10. The lowest BCUT2D eigenvalue weighted by molar-refractivity contribution is -0.371. The molecule has 4 aliphatic rings. The molecule has 0 spiro atoms. The van der Waals surface area contributed by atoms with Crippen LogP contribution in [0.3, 0.4) is 0 Å². The fraction of sp³-hybridized carbons (Fsp3) is 0.963. The van der Waals surface area contributed by atoms with Gasteiger partial charge in [-0.3, -0.25) is 13.6 Å². The molecule has 0 aromatic carbocycles. The summed E-state index contributed by atoms with van der Waals surface area (Å²) in [6.07, 6.45) is -40.7. The van der Waals surface area contributed by atoms with Gasteiger partial charge in [-0.25, -0.2) is 18.5 Å². The molecule has 36 heteroatoms. The zero-order valence-electron chi connectivity index (χ0n) is 31.9. The van der Waals surface area contributed by atoms with Crippen molar-refractivity contribution in [2.24, 2.45) is 11.5 Å². The Morgan fingerprint density at radius 1 is 0.651 bits per heavy atom. The van der Waals surface area contributed by atoms with Crippen LogP contribution >= 0.6 is 23.5 Å². The van der Waals surface area contributed by atoms with Crippen LogP contribution in [0, 0.1) is 0 Å². The number of carbonyl (C=O) groups is 1. The van der Waals surface area contributed by atoms with Gasteiger partial charge in [-0.05, 0) is 0 Å². The average molecular weight is 993 g/mol. The third-order valence-corrected chi connectivity index (χ3v) is 11.6. The van der Waals surface area contributed by atoms with E-state index in [4.69, 9.17) is 49.1 Å². The van der Waals surface area contributed by atoms with E-state index in [9.17, 15) is 104 Å². The van der Waals surface area contributed by atoms with Gasteiger partial charge in [0.2, 0.25) is 0 Å². The Morgan fingerprint density at radius 2 is 1.21 bits per heavy atom. The number of phosphoric ester groups is 3. The summed E-state index contributed by atoms with van der Waals surface area (Å²) in [6, 6.07) is -3.27. The number of phosphoric acid groups is 3. The molecule has 370 valence electrons. The lowest BCUT2D eigenvalue weighted by atomic mass is 9.91. The van der Waals surface area contributed by atoms with Crippen molar-refractivity contribution in [3.63, 3.8) is 0 Å². The number of carboxylic acids is 1. The molecule has 4 fully saturated rings. The lowest BCUT2D eigenvalue weighted by Crippen LogP contribution is -2.68. The van der Waals surface area contributed by atoms with E-state index in [0.29, 0.717) is 0 Å².